The van der Waals surface area contributed by atoms with Gasteiger partial charge >= 0.3 is 5.97 Å². The van der Waals surface area contributed by atoms with E-state index >= 15 is 0 Å². The molecule has 0 aliphatic carbocycles. The molecule has 0 spiro atoms. The van der Waals surface area contributed by atoms with Crippen molar-refractivity contribution in [3.63, 3.8) is 0 Å². The number of carboxylic acid groups (broad SMARTS) is 1. The SMILES string of the molecule is CCC(NC(=O)CCCCC(=O)O)c1ccc(Br)cc1. The van der Waals surface area contributed by atoms with Crippen molar-refractivity contribution in [1.29, 1.82) is 0 Å². The third-order valence-electron chi connectivity index (χ3n) is 3.06. The van der Waals surface area contributed by atoms with Gasteiger partial charge in [-0.1, -0.05) is 35.0 Å². The number of unbranched alkanes of at least 4 members (excludes halogenated alkanes) is 1. The lowest BCUT2D eigenvalue weighted by atomic mass is 10.0. The van der Waals surface area contributed by atoms with E-state index in [9.17, 15) is 9.59 Å². The number of hydrogen-bond donors (Lipinski definition) is 2. The number of amides is 1. The quantitative estimate of drug-likeness (QED) is 0.709. The van der Waals surface area contributed by atoms with Gasteiger partial charge in [-0.3, -0.25) is 9.59 Å². The van der Waals surface area contributed by atoms with Crippen molar-refractivity contribution in [3.8, 4) is 0 Å². The van der Waals surface area contributed by atoms with Crippen molar-refractivity contribution in [2.24, 2.45) is 0 Å². The number of carboxylic acids is 1. The van der Waals surface area contributed by atoms with Crippen LogP contribution in [-0.4, -0.2) is 17.0 Å². The molecular weight excluding hydrogens is 322 g/mol. The lowest BCUT2D eigenvalue weighted by Crippen LogP contribution is -2.27. The van der Waals surface area contributed by atoms with E-state index in [2.05, 4.69) is 21.2 Å². The number of nitrogens with one attached hydrogen (secondary N) is 1. The number of aliphatic carboxylic acids is 1. The van der Waals surface area contributed by atoms with Gasteiger partial charge in [-0.2, -0.15) is 0 Å². The smallest absolute Gasteiger partial charge is 0.303 e. The Labute approximate surface area is 127 Å². The zero-order valence-electron chi connectivity index (χ0n) is 11.6. The Morgan fingerprint density at radius 1 is 1.20 bits per heavy atom. The fraction of sp³-hybridized carbons (Fsp3) is 0.467. The van der Waals surface area contributed by atoms with Crippen LogP contribution in [0.3, 0.4) is 0 Å². The van der Waals surface area contributed by atoms with Crippen molar-refractivity contribution in [1.82, 2.24) is 5.32 Å². The number of rotatable bonds is 8. The van der Waals surface area contributed by atoms with Crippen LogP contribution in [0.1, 0.15) is 50.6 Å². The molecule has 0 bridgehead atoms. The summed E-state index contributed by atoms with van der Waals surface area (Å²) < 4.78 is 1.01. The molecule has 2 N–H and O–H groups in total. The summed E-state index contributed by atoms with van der Waals surface area (Å²) in [7, 11) is 0. The fourth-order valence-corrected chi connectivity index (χ4v) is 2.21. The first kappa shape index (κ1) is 16.7. The van der Waals surface area contributed by atoms with E-state index in [1.165, 1.54) is 0 Å². The van der Waals surface area contributed by atoms with Gasteiger partial charge in [0.2, 0.25) is 5.91 Å². The van der Waals surface area contributed by atoms with E-state index in [0.717, 1.165) is 16.5 Å². The van der Waals surface area contributed by atoms with Gasteiger partial charge in [0.05, 0.1) is 6.04 Å². The molecule has 0 saturated carbocycles. The summed E-state index contributed by atoms with van der Waals surface area (Å²) in [5.74, 6) is -0.836. The predicted octanol–water partition coefficient (Wildman–Crippen LogP) is 3.66. The minimum Gasteiger partial charge on any atom is -0.481 e. The van der Waals surface area contributed by atoms with Crippen LogP contribution in [0.2, 0.25) is 0 Å². The summed E-state index contributed by atoms with van der Waals surface area (Å²) in [6, 6.07) is 7.90. The summed E-state index contributed by atoms with van der Waals surface area (Å²) in [4.78, 5) is 22.2. The van der Waals surface area contributed by atoms with E-state index < -0.39 is 5.97 Å². The van der Waals surface area contributed by atoms with Crippen LogP contribution >= 0.6 is 15.9 Å². The molecule has 0 radical (unpaired) electrons. The summed E-state index contributed by atoms with van der Waals surface area (Å²) >= 11 is 3.39. The third-order valence-corrected chi connectivity index (χ3v) is 3.59. The molecule has 0 fully saturated rings. The second-order valence-electron chi connectivity index (χ2n) is 4.68. The molecule has 5 heteroatoms. The molecule has 1 aromatic rings. The lowest BCUT2D eigenvalue weighted by molar-refractivity contribution is -0.137. The Kier molecular flexibility index (Phi) is 7.30. The topological polar surface area (TPSA) is 66.4 Å². The average molecular weight is 342 g/mol. The first-order valence-electron chi connectivity index (χ1n) is 6.79. The second kappa shape index (κ2) is 8.74. The molecular formula is C15H20BrNO3. The Balaban J connectivity index is 2.41. The van der Waals surface area contributed by atoms with Gasteiger partial charge in [-0.15, -0.1) is 0 Å². The highest BCUT2D eigenvalue weighted by Gasteiger charge is 2.12. The van der Waals surface area contributed by atoms with Crippen LogP contribution in [-0.2, 0) is 9.59 Å². The van der Waals surface area contributed by atoms with Gasteiger partial charge in [0.25, 0.3) is 0 Å². The van der Waals surface area contributed by atoms with Crippen LogP contribution in [0, 0.1) is 0 Å². The maximum Gasteiger partial charge on any atom is 0.303 e. The van der Waals surface area contributed by atoms with Crippen LogP contribution in [0.5, 0.6) is 0 Å². The molecule has 1 aromatic carbocycles. The van der Waals surface area contributed by atoms with Gasteiger partial charge in [0.15, 0.2) is 0 Å². The highest BCUT2D eigenvalue weighted by molar-refractivity contribution is 9.10. The molecule has 110 valence electrons. The van der Waals surface area contributed by atoms with E-state index in [1.54, 1.807) is 0 Å². The highest BCUT2D eigenvalue weighted by Crippen LogP contribution is 2.19. The maximum atomic E-state index is 11.8. The zero-order chi connectivity index (χ0) is 15.0. The van der Waals surface area contributed by atoms with Gasteiger partial charge in [-0.25, -0.2) is 0 Å². The number of hydrogen-bond acceptors (Lipinski definition) is 2. The number of halogens is 1. The lowest BCUT2D eigenvalue weighted by Gasteiger charge is -2.17. The molecule has 1 atom stereocenters. The Morgan fingerprint density at radius 3 is 2.35 bits per heavy atom. The van der Waals surface area contributed by atoms with Gasteiger partial charge in [0.1, 0.15) is 0 Å². The molecule has 1 amide bonds. The second-order valence-corrected chi connectivity index (χ2v) is 5.60. The summed E-state index contributed by atoms with van der Waals surface area (Å²) in [5.41, 5.74) is 1.08. The minimum absolute atomic E-state index is 0.00933. The molecule has 0 heterocycles. The van der Waals surface area contributed by atoms with Crippen molar-refractivity contribution in [2.45, 2.75) is 45.1 Å². The number of benzene rings is 1. The minimum atomic E-state index is -0.813. The van der Waals surface area contributed by atoms with E-state index in [0.29, 0.717) is 19.3 Å². The summed E-state index contributed by atoms with van der Waals surface area (Å²) in [6.45, 7) is 2.03. The summed E-state index contributed by atoms with van der Waals surface area (Å²) in [5, 5.41) is 11.5. The molecule has 0 aliphatic heterocycles. The van der Waals surface area contributed by atoms with Crippen molar-refractivity contribution < 1.29 is 14.7 Å². The molecule has 1 unspecified atom stereocenters. The van der Waals surface area contributed by atoms with Crippen LogP contribution in [0.4, 0.5) is 0 Å². The highest BCUT2D eigenvalue weighted by atomic mass is 79.9. The Hall–Kier alpha value is -1.36. The standard InChI is InChI=1S/C15H20BrNO3/c1-2-13(11-7-9-12(16)10-8-11)17-14(18)5-3-4-6-15(19)20/h7-10,13H,2-6H2,1H3,(H,17,18)(H,19,20). The monoisotopic (exact) mass is 341 g/mol. The fourth-order valence-electron chi connectivity index (χ4n) is 1.94. The molecule has 4 nitrogen and oxygen atoms in total. The van der Waals surface area contributed by atoms with Crippen LogP contribution in [0.25, 0.3) is 0 Å². The largest absolute Gasteiger partial charge is 0.481 e. The normalized spacial score (nSPS) is 11.9. The van der Waals surface area contributed by atoms with Gasteiger partial charge in [-0.05, 0) is 37.0 Å². The van der Waals surface area contributed by atoms with Crippen LogP contribution < -0.4 is 5.32 Å². The van der Waals surface area contributed by atoms with Crippen molar-refractivity contribution in [2.75, 3.05) is 0 Å². The van der Waals surface area contributed by atoms with E-state index in [4.69, 9.17) is 5.11 Å². The first-order valence-corrected chi connectivity index (χ1v) is 7.59. The van der Waals surface area contributed by atoms with Gasteiger partial charge < -0.3 is 10.4 Å². The maximum absolute atomic E-state index is 11.8. The van der Waals surface area contributed by atoms with Crippen molar-refractivity contribution in [3.05, 3.63) is 34.3 Å². The number of carbonyl (C=O) groups excluding carboxylic acids is 1. The van der Waals surface area contributed by atoms with Crippen molar-refractivity contribution >= 4 is 27.8 Å². The van der Waals surface area contributed by atoms with E-state index in [1.807, 2.05) is 31.2 Å². The van der Waals surface area contributed by atoms with Crippen LogP contribution in [0.15, 0.2) is 28.7 Å². The first-order chi connectivity index (χ1) is 9.52. The van der Waals surface area contributed by atoms with Gasteiger partial charge in [0, 0.05) is 17.3 Å². The predicted molar refractivity (Wildman–Crippen MR) is 81.4 cm³/mol. The molecule has 0 aliphatic rings. The zero-order valence-corrected chi connectivity index (χ0v) is 13.1. The molecule has 0 saturated heterocycles. The number of carbonyl (C=O) groups is 2. The average Bonchev–Trinajstić information content (AvgIpc) is 2.42. The summed E-state index contributed by atoms with van der Waals surface area (Å²) in [6.07, 6.45) is 2.47. The molecule has 20 heavy (non-hydrogen) atoms. The molecule has 1 rings (SSSR count). The molecule has 0 aromatic heterocycles. The Bertz CT molecular complexity index is 445. The Morgan fingerprint density at radius 2 is 1.80 bits per heavy atom. The van der Waals surface area contributed by atoms with E-state index in [-0.39, 0.29) is 18.4 Å². The third kappa shape index (κ3) is 6.19.